The topological polar surface area (TPSA) is 58.7 Å². The highest BCUT2D eigenvalue weighted by molar-refractivity contribution is 6.31. The first-order valence-electron chi connectivity index (χ1n) is 6.20. The van der Waals surface area contributed by atoms with E-state index in [0.717, 1.165) is 23.7 Å². The van der Waals surface area contributed by atoms with Crippen LogP contribution in [0.3, 0.4) is 0 Å². The summed E-state index contributed by atoms with van der Waals surface area (Å²) in [4.78, 5) is 16.2. The van der Waals surface area contributed by atoms with Crippen LogP contribution in [0.1, 0.15) is 24.6 Å². The van der Waals surface area contributed by atoms with Gasteiger partial charge in [-0.05, 0) is 38.0 Å². The van der Waals surface area contributed by atoms with Gasteiger partial charge in [0.05, 0.1) is 29.2 Å². The second kappa shape index (κ2) is 4.36. The molecule has 96 valence electrons. The van der Waals surface area contributed by atoms with E-state index in [-0.39, 0.29) is 17.6 Å². The van der Waals surface area contributed by atoms with Gasteiger partial charge in [-0.15, -0.1) is 0 Å². The van der Waals surface area contributed by atoms with Crippen molar-refractivity contribution < 1.29 is 0 Å². The highest BCUT2D eigenvalue weighted by Crippen LogP contribution is 2.38. The summed E-state index contributed by atoms with van der Waals surface area (Å²) in [5.74, 6) is -0.107. The molecule has 0 radical (unpaired) electrons. The van der Waals surface area contributed by atoms with Crippen LogP contribution in [0.25, 0.3) is 10.9 Å². The lowest BCUT2D eigenvalue weighted by Gasteiger charge is -2.33. The minimum absolute atomic E-state index is 0.0773. The number of nitriles is 1. The minimum atomic E-state index is -0.294. The fourth-order valence-corrected chi connectivity index (χ4v) is 2.80. The fourth-order valence-electron chi connectivity index (χ4n) is 2.63. The molecule has 1 aromatic carbocycles. The Morgan fingerprint density at radius 2 is 2.26 bits per heavy atom. The Kier molecular flexibility index (Phi) is 2.79. The van der Waals surface area contributed by atoms with E-state index in [1.54, 1.807) is 16.7 Å². The standard InChI is InChI=1S/C14H12ClN3O/c1-8-11-4-3-10(15)6-13(11)18(14(19)17-8)12-5-2-9(12)7-16/h3-4,6,9,12H,2,5H2,1H3. The Morgan fingerprint density at radius 3 is 2.89 bits per heavy atom. The van der Waals surface area contributed by atoms with Crippen molar-refractivity contribution in [3.63, 3.8) is 0 Å². The summed E-state index contributed by atoms with van der Waals surface area (Å²) in [6.45, 7) is 1.81. The van der Waals surface area contributed by atoms with E-state index in [9.17, 15) is 4.79 Å². The van der Waals surface area contributed by atoms with E-state index in [0.29, 0.717) is 10.7 Å². The van der Waals surface area contributed by atoms with Crippen LogP contribution in [-0.2, 0) is 0 Å². The van der Waals surface area contributed by atoms with Crippen LogP contribution in [0.5, 0.6) is 0 Å². The van der Waals surface area contributed by atoms with Gasteiger partial charge in [-0.1, -0.05) is 11.6 Å². The monoisotopic (exact) mass is 273 g/mol. The number of aromatic nitrogens is 2. The van der Waals surface area contributed by atoms with Crippen LogP contribution in [0.4, 0.5) is 0 Å². The average Bonchev–Trinajstić information content (AvgIpc) is 2.33. The molecule has 3 rings (SSSR count). The first-order chi connectivity index (χ1) is 9.11. The Labute approximate surface area is 115 Å². The number of fused-ring (bicyclic) bond motifs is 1. The van der Waals surface area contributed by atoms with Gasteiger partial charge >= 0.3 is 5.69 Å². The fraction of sp³-hybridized carbons (Fsp3) is 0.357. The number of hydrogen-bond acceptors (Lipinski definition) is 3. The van der Waals surface area contributed by atoms with Crippen LogP contribution in [0.2, 0.25) is 5.02 Å². The summed E-state index contributed by atoms with van der Waals surface area (Å²) >= 11 is 6.03. The zero-order valence-electron chi connectivity index (χ0n) is 10.4. The van der Waals surface area contributed by atoms with Crippen LogP contribution < -0.4 is 5.69 Å². The van der Waals surface area contributed by atoms with E-state index in [4.69, 9.17) is 16.9 Å². The second-order valence-electron chi connectivity index (χ2n) is 4.89. The molecule has 1 heterocycles. The summed E-state index contributed by atoms with van der Waals surface area (Å²) in [6, 6.07) is 7.61. The maximum atomic E-state index is 12.2. The van der Waals surface area contributed by atoms with Crippen LogP contribution in [0.15, 0.2) is 23.0 Å². The van der Waals surface area contributed by atoms with Gasteiger partial charge in [-0.25, -0.2) is 4.79 Å². The number of halogens is 1. The smallest absolute Gasteiger partial charge is 0.287 e. The average molecular weight is 274 g/mol. The van der Waals surface area contributed by atoms with E-state index in [2.05, 4.69) is 11.1 Å². The minimum Gasteiger partial charge on any atom is -0.287 e. The van der Waals surface area contributed by atoms with Gasteiger partial charge in [-0.3, -0.25) is 4.57 Å². The molecular weight excluding hydrogens is 262 g/mol. The zero-order chi connectivity index (χ0) is 13.6. The number of rotatable bonds is 1. The molecule has 1 aliphatic rings. The van der Waals surface area contributed by atoms with E-state index >= 15 is 0 Å². The molecule has 0 saturated heterocycles. The predicted molar refractivity (Wildman–Crippen MR) is 73.1 cm³/mol. The molecule has 1 fully saturated rings. The van der Waals surface area contributed by atoms with Crippen molar-refractivity contribution >= 4 is 22.5 Å². The molecular formula is C14H12ClN3O. The van der Waals surface area contributed by atoms with Crippen LogP contribution >= 0.6 is 11.6 Å². The SMILES string of the molecule is Cc1nc(=O)n(C2CCC2C#N)c2cc(Cl)ccc12. The molecule has 1 aliphatic carbocycles. The third kappa shape index (κ3) is 1.82. The van der Waals surface area contributed by atoms with Crippen molar-refractivity contribution in [2.45, 2.75) is 25.8 Å². The molecule has 2 unspecified atom stereocenters. The van der Waals surface area contributed by atoms with Crippen molar-refractivity contribution in [1.29, 1.82) is 5.26 Å². The van der Waals surface area contributed by atoms with E-state index < -0.39 is 0 Å². The molecule has 19 heavy (non-hydrogen) atoms. The summed E-state index contributed by atoms with van der Waals surface area (Å²) in [5, 5.41) is 10.6. The highest BCUT2D eigenvalue weighted by Gasteiger charge is 2.34. The van der Waals surface area contributed by atoms with Crippen LogP contribution in [-0.4, -0.2) is 9.55 Å². The summed E-state index contributed by atoms with van der Waals surface area (Å²) < 4.78 is 1.63. The van der Waals surface area contributed by atoms with Crippen molar-refractivity contribution in [3.8, 4) is 6.07 Å². The van der Waals surface area contributed by atoms with Gasteiger partial charge in [0.2, 0.25) is 0 Å². The Hall–Kier alpha value is -1.86. The van der Waals surface area contributed by atoms with Crippen molar-refractivity contribution in [3.05, 3.63) is 39.4 Å². The predicted octanol–water partition coefficient (Wildman–Crippen LogP) is 2.83. The Bertz CT molecular complexity index is 760. The van der Waals surface area contributed by atoms with Gasteiger partial charge in [0, 0.05) is 10.4 Å². The quantitative estimate of drug-likeness (QED) is 0.803. The first-order valence-corrected chi connectivity index (χ1v) is 6.57. The summed E-state index contributed by atoms with van der Waals surface area (Å²) in [6.07, 6.45) is 1.67. The van der Waals surface area contributed by atoms with Gasteiger partial charge in [0.15, 0.2) is 0 Å². The lowest BCUT2D eigenvalue weighted by atomic mass is 9.80. The lowest BCUT2D eigenvalue weighted by Crippen LogP contribution is -2.37. The molecule has 4 nitrogen and oxygen atoms in total. The number of aryl methyl sites for hydroxylation is 1. The lowest BCUT2D eigenvalue weighted by molar-refractivity contribution is 0.236. The number of nitrogens with zero attached hydrogens (tertiary/aromatic N) is 3. The maximum absolute atomic E-state index is 12.2. The molecule has 5 heteroatoms. The second-order valence-corrected chi connectivity index (χ2v) is 5.33. The molecule has 2 aromatic rings. The van der Waals surface area contributed by atoms with Crippen molar-refractivity contribution in [2.75, 3.05) is 0 Å². The Balaban J connectivity index is 2.32. The summed E-state index contributed by atoms with van der Waals surface area (Å²) in [5.41, 5.74) is 1.17. The summed E-state index contributed by atoms with van der Waals surface area (Å²) in [7, 11) is 0. The number of benzene rings is 1. The van der Waals surface area contributed by atoms with Gasteiger partial charge in [-0.2, -0.15) is 10.2 Å². The first kappa shape index (κ1) is 12.2. The third-order valence-electron chi connectivity index (χ3n) is 3.81. The van der Waals surface area contributed by atoms with Crippen LogP contribution in [0, 0.1) is 24.2 Å². The molecule has 0 N–H and O–H groups in total. The van der Waals surface area contributed by atoms with Crippen molar-refractivity contribution in [1.82, 2.24) is 9.55 Å². The van der Waals surface area contributed by atoms with E-state index in [1.165, 1.54) is 0 Å². The molecule has 1 aromatic heterocycles. The maximum Gasteiger partial charge on any atom is 0.348 e. The largest absolute Gasteiger partial charge is 0.348 e. The van der Waals surface area contributed by atoms with E-state index in [1.807, 2.05) is 13.0 Å². The zero-order valence-corrected chi connectivity index (χ0v) is 11.2. The molecule has 2 atom stereocenters. The number of hydrogen-bond donors (Lipinski definition) is 0. The van der Waals surface area contributed by atoms with Gasteiger partial charge in [0.25, 0.3) is 0 Å². The normalized spacial score (nSPS) is 21.9. The Morgan fingerprint density at radius 1 is 1.47 bits per heavy atom. The van der Waals surface area contributed by atoms with Gasteiger partial charge in [0.1, 0.15) is 0 Å². The molecule has 0 bridgehead atoms. The third-order valence-corrected chi connectivity index (χ3v) is 4.05. The van der Waals surface area contributed by atoms with Gasteiger partial charge < -0.3 is 0 Å². The molecule has 0 aliphatic heterocycles. The molecule has 0 amide bonds. The highest BCUT2D eigenvalue weighted by atomic mass is 35.5. The molecule has 1 saturated carbocycles. The molecule has 0 spiro atoms. The van der Waals surface area contributed by atoms with Crippen molar-refractivity contribution in [2.24, 2.45) is 5.92 Å².